The Balaban J connectivity index is 2.07. The van der Waals surface area contributed by atoms with E-state index in [2.05, 4.69) is 10.3 Å². The summed E-state index contributed by atoms with van der Waals surface area (Å²) in [6.45, 7) is 9.23. The van der Waals surface area contributed by atoms with Gasteiger partial charge in [-0.15, -0.1) is 0 Å². The van der Waals surface area contributed by atoms with Crippen LogP contribution in [0.3, 0.4) is 0 Å². The van der Waals surface area contributed by atoms with Crippen molar-refractivity contribution in [3.8, 4) is 5.75 Å². The first-order valence-electron chi connectivity index (χ1n) is 11.7. The predicted molar refractivity (Wildman–Crippen MR) is 135 cm³/mol. The second kappa shape index (κ2) is 11.0. The summed E-state index contributed by atoms with van der Waals surface area (Å²) in [6.07, 6.45) is 0.761. The van der Waals surface area contributed by atoms with Crippen molar-refractivity contribution in [1.29, 1.82) is 0 Å². The molecule has 1 heterocycles. The first-order chi connectivity index (χ1) is 16.6. The highest BCUT2D eigenvalue weighted by atomic mass is 16.5. The fourth-order valence-electron chi connectivity index (χ4n) is 3.58. The maximum Gasteiger partial charge on any atom is 0.354 e. The number of carboxylic acids is 1. The van der Waals surface area contributed by atoms with Crippen LogP contribution in [0.15, 0.2) is 52.1 Å². The molecule has 35 heavy (non-hydrogen) atoms. The number of carbonyl (C=O) groups is 1. The summed E-state index contributed by atoms with van der Waals surface area (Å²) < 4.78 is 8.09. The highest BCUT2D eigenvalue weighted by Gasteiger charge is 2.19. The van der Waals surface area contributed by atoms with Crippen molar-refractivity contribution in [2.45, 2.75) is 60.2 Å². The molecule has 9 nitrogen and oxygen atoms in total. The van der Waals surface area contributed by atoms with Crippen LogP contribution in [0, 0.1) is 12.8 Å². The smallest absolute Gasteiger partial charge is 0.354 e. The molecular formula is C26H32N4O5. The Morgan fingerprint density at radius 3 is 2.37 bits per heavy atom. The van der Waals surface area contributed by atoms with Gasteiger partial charge in [-0.2, -0.15) is 4.98 Å². The van der Waals surface area contributed by atoms with Gasteiger partial charge in [0.2, 0.25) is 5.95 Å². The number of nitrogens with zero attached hydrogens (tertiary/aromatic N) is 3. The molecule has 0 saturated heterocycles. The number of carboxylic acid groups (broad SMARTS) is 1. The van der Waals surface area contributed by atoms with Gasteiger partial charge in [-0.25, -0.2) is 14.2 Å². The van der Waals surface area contributed by atoms with Gasteiger partial charge in [-0.05, 0) is 56.5 Å². The third-order valence-corrected chi connectivity index (χ3v) is 5.55. The Morgan fingerprint density at radius 2 is 1.77 bits per heavy atom. The Bertz CT molecular complexity index is 1310. The second-order valence-electron chi connectivity index (χ2n) is 8.89. The van der Waals surface area contributed by atoms with E-state index in [-0.39, 0.29) is 25.1 Å². The van der Waals surface area contributed by atoms with E-state index in [0.717, 1.165) is 33.4 Å². The third kappa shape index (κ3) is 6.38. The number of hydrogen-bond donors (Lipinski definition) is 2. The monoisotopic (exact) mass is 480 g/mol. The summed E-state index contributed by atoms with van der Waals surface area (Å²) in [5, 5.41) is 12.4. The van der Waals surface area contributed by atoms with E-state index in [4.69, 9.17) is 4.74 Å². The molecule has 2 aromatic carbocycles. The highest BCUT2D eigenvalue weighted by molar-refractivity contribution is 5.69. The molecule has 0 aliphatic rings. The molecule has 0 bridgehead atoms. The maximum atomic E-state index is 13.4. The molecule has 0 amide bonds. The number of aliphatic carboxylic acids is 1. The molecule has 3 aromatic rings. The number of aryl methyl sites for hydroxylation is 2. The van der Waals surface area contributed by atoms with Crippen LogP contribution < -0.4 is 21.4 Å². The van der Waals surface area contributed by atoms with Crippen LogP contribution in [0.5, 0.6) is 5.75 Å². The van der Waals surface area contributed by atoms with Crippen molar-refractivity contribution in [1.82, 2.24) is 14.1 Å². The number of ether oxygens (including phenoxy) is 1. The largest absolute Gasteiger partial charge is 0.491 e. The van der Waals surface area contributed by atoms with Crippen molar-refractivity contribution in [2.75, 3.05) is 5.32 Å². The van der Waals surface area contributed by atoms with E-state index in [1.165, 1.54) is 11.5 Å². The molecule has 0 fully saturated rings. The van der Waals surface area contributed by atoms with Gasteiger partial charge in [-0.1, -0.05) is 43.7 Å². The Labute approximate surface area is 204 Å². The zero-order valence-corrected chi connectivity index (χ0v) is 20.7. The minimum atomic E-state index is -1.10. The minimum Gasteiger partial charge on any atom is -0.491 e. The Morgan fingerprint density at radius 1 is 1.09 bits per heavy atom. The molecule has 1 atom stereocenters. The van der Waals surface area contributed by atoms with Gasteiger partial charge < -0.3 is 15.2 Å². The Hall–Kier alpha value is -3.88. The number of rotatable bonds is 10. The molecule has 0 aliphatic heterocycles. The average Bonchev–Trinajstić information content (AvgIpc) is 2.80. The molecule has 0 saturated carbocycles. The van der Waals surface area contributed by atoms with Crippen molar-refractivity contribution in [2.24, 2.45) is 5.92 Å². The molecule has 1 unspecified atom stereocenters. The van der Waals surface area contributed by atoms with Crippen molar-refractivity contribution in [3.63, 3.8) is 0 Å². The van der Waals surface area contributed by atoms with Crippen LogP contribution in [0.4, 0.5) is 11.6 Å². The van der Waals surface area contributed by atoms with Gasteiger partial charge in [0.1, 0.15) is 5.75 Å². The highest BCUT2D eigenvalue weighted by Crippen LogP contribution is 2.26. The summed E-state index contributed by atoms with van der Waals surface area (Å²) in [5.41, 5.74) is 2.11. The summed E-state index contributed by atoms with van der Waals surface area (Å²) in [6, 6.07) is 13.2. The van der Waals surface area contributed by atoms with E-state index in [1.807, 2.05) is 64.1 Å². The third-order valence-electron chi connectivity index (χ3n) is 5.55. The van der Waals surface area contributed by atoms with Crippen LogP contribution in [-0.4, -0.2) is 31.3 Å². The molecular weight excluding hydrogens is 448 g/mol. The van der Waals surface area contributed by atoms with Gasteiger partial charge >= 0.3 is 17.3 Å². The minimum absolute atomic E-state index is 0.0289. The Kier molecular flexibility index (Phi) is 8.11. The first kappa shape index (κ1) is 25.7. The summed E-state index contributed by atoms with van der Waals surface area (Å²) >= 11 is 0. The number of nitrogens with one attached hydrogen (secondary N) is 1. The van der Waals surface area contributed by atoms with E-state index < -0.39 is 23.3 Å². The lowest BCUT2D eigenvalue weighted by molar-refractivity contribution is -0.141. The van der Waals surface area contributed by atoms with Crippen LogP contribution in [0.1, 0.15) is 44.4 Å². The second-order valence-corrected chi connectivity index (χ2v) is 8.89. The molecule has 1 aromatic heterocycles. The summed E-state index contributed by atoms with van der Waals surface area (Å²) in [5.74, 6) is -1.16. The number of aromatic nitrogens is 3. The molecule has 0 spiro atoms. The lowest BCUT2D eigenvalue weighted by Gasteiger charge is -2.18. The van der Waals surface area contributed by atoms with Crippen LogP contribution in [0.25, 0.3) is 0 Å². The van der Waals surface area contributed by atoms with Crippen LogP contribution in [-0.2, 0) is 24.3 Å². The first-order valence-corrected chi connectivity index (χ1v) is 11.7. The van der Waals surface area contributed by atoms with E-state index >= 15 is 0 Å². The van der Waals surface area contributed by atoms with Gasteiger partial charge in [0.15, 0.2) is 0 Å². The van der Waals surface area contributed by atoms with E-state index in [9.17, 15) is 19.5 Å². The average molecular weight is 481 g/mol. The number of benzene rings is 2. The van der Waals surface area contributed by atoms with E-state index in [1.54, 1.807) is 6.07 Å². The zero-order valence-electron chi connectivity index (χ0n) is 20.7. The van der Waals surface area contributed by atoms with Crippen molar-refractivity contribution < 1.29 is 14.6 Å². The van der Waals surface area contributed by atoms with Crippen LogP contribution in [0.2, 0.25) is 0 Å². The van der Waals surface area contributed by atoms with Gasteiger partial charge in [0.05, 0.1) is 18.6 Å². The quantitative estimate of drug-likeness (QED) is 0.456. The topological polar surface area (TPSA) is 115 Å². The predicted octanol–water partition coefficient (Wildman–Crippen LogP) is 3.58. The van der Waals surface area contributed by atoms with Gasteiger partial charge in [0.25, 0.3) is 0 Å². The fourth-order valence-corrected chi connectivity index (χ4v) is 3.58. The molecule has 2 N–H and O–H groups in total. The van der Waals surface area contributed by atoms with Gasteiger partial charge in [-0.3, -0.25) is 9.36 Å². The molecule has 9 heteroatoms. The maximum absolute atomic E-state index is 13.4. The normalized spacial score (nSPS) is 11.9. The summed E-state index contributed by atoms with van der Waals surface area (Å²) in [7, 11) is 0. The SMILES string of the molecule is CCc1cc(Nc2nc(=O)n(CC(C)C(=O)O)c(=O)n2Cc2ccc(C)cc2)ccc1OC(C)C. The van der Waals surface area contributed by atoms with Crippen molar-refractivity contribution in [3.05, 3.63) is 80.1 Å². The lowest BCUT2D eigenvalue weighted by Crippen LogP contribution is -2.44. The molecule has 186 valence electrons. The number of anilines is 2. The van der Waals surface area contributed by atoms with Crippen molar-refractivity contribution >= 4 is 17.6 Å². The van der Waals surface area contributed by atoms with E-state index in [0.29, 0.717) is 5.69 Å². The summed E-state index contributed by atoms with van der Waals surface area (Å²) in [4.78, 5) is 41.6. The van der Waals surface area contributed by atoms with Gasteiger partial charge in [0, 0.05) is 12.2 Å². The molecule has 0 radical (unpaired) electrons. The van der Waals surface area contributed by atoms with Crippen LogP contribution >= 0.6 is 0 Å². The number of hydrogen-bond acceptors (Lipinski definition) is 6. The standard InChI is InChI=1S/C26H32N4O5/c1-6-20-13-21(11-12-22(20)35-16(2)3)27-24-28-25(33)30(14-18(5)23(31)32)26(34)29(24)15-19-9-7-17(4)8-10-19/h7-13,16,18H,6,14-15H2,1-5H3,(H,31,32)(H,27,28,33). The zero-order chi connectivity index (χ0) is 25.7. The fraction of sp³-hybridized carbons (Fsp3) is 0.385. The molecule has 3 rings (SSSR count). The lowest BCUT2D eigenvalue weighted by atomic mass is 10.1. The molecule has 0 aliphatic carbocycles.